The third-order valence-electron chi connectivity index (χ3n) is 2.76. The zero-order chi connectivity index (χ0) is 12.1. The van der Waals surface area contributed by atoms with E-state index in [0.29, 0.717) is 17.5 Å². The standard InChI is InChI=1S/C13H18FNO2/c1-16-12-4-2-3-10(9-15-11-5-6-11)13(12)17-8-7-14/h2-4,11,15H,5-9H2,1H3. The average molecular weight is 239 g/mol. The highest BCUT2D eigenvalue weighted by Crippen LogP contribution is 2.31. The summed E-state index contributed by atoms with van der Waals surface area (Å²) in [7, 11) is 1.59. The van der Waals surface area contributed by atoms with E-state index in [0.717, 1.165) is 12.1 Å². The van der Waals surface area contributed by atoms with E-state index in [1.807, 2.05) is 18.2 Å². The van der Waals surface area contributed by atoms with Crippen molar-refractivity contribution in [3.05, 3.63) is 23.8 Å². The molecule has 0 saturated heterocycles. The lowest BCUT2D eigenvalue weighted by Crippen LogP contribution is -2.16. The Hall–Kier alpha value is -1.29. The normalized spacial score (nSPS) is 14.7. The van der Waals surface area contributed by atoms with Crippen LogP contribution in [0, 0.1) is 0 Å². The molecule has 0 radical (unpaired) electrons. The molecule has 17 heavy (non-hydrogen) atoms. The van der Waals surface area contributed by atoms with Crippen LogP contribution in [0.4, 0.5) is 4.39 Å². The lowest BCUT2D eigenvalue weighted by Gasteiger charge is -2.14. The second-order valence-corrected chi connectivity index (χ2v) is 4.14. The number of hydrogen-bond acceptors (Lipinski definition) is 3. The van der Waals surface area contributed by atoms with E-state index >= 15 is 0 Å². The monoisotopic (exact) mass is 239 g/mol. The molecule has 3 nitrogen and oxygen atoms in total. The van der Waals surface area contributed by atoms with Crippen LogP contribution in [0.1, 0.15) is 18.4 Å². The van der Waals surface area contributed by atoms with Gasteiger partial charge in [0.25, 0.3) is 0 Å². The molecule has 0 aromatic heterocycles. The van der Waals surface area contributed by atoms with Crippen molar-refractivity contribution in [1.29, 1.82) is 0 Å². The molecule has 1 aromatic rings. The number of para-hydroxylation sites is 1. The van der Waals surface area contributed by atoms with Crippen molar-refractivity contribution in [3.63, 3.8) is 0 Å². The molecule has 1 aromatic carbocycles. The van der Waals surface area contributed by atoms with Crippen LogP contribution in [-0.2, 0) is 6.54 Å². The number of methoxy groups -OCH3 is 1. The summed E-state index contributed by atoms with van der Waals surface area (Å²) in [6.07, 6.45) is 2.48. The predicted molar refractivity (Wildman–Crippen MR) is 64.3 cm³/mol. The molecule has 0 amide bonds. The van der Waals surface area contributed by atoms with Crippen molar-refractivity contribution >= 4 is 0 Å². The summed E-state index contributed by atoms with van der Waals surface area (Å²) in [4.78, 5) is 0. The second-order valence-electron chi connectivity index (χ2n) is 4.14. The molecule has 2 rings (SSSR count). The number of halogens is 1. The first-order valence-corrected chi connectivity index (χ1v) is 5.93. The van der Waals surface area contributed by atoms with E-state index in [1.165, 1.54) is 12.8 Å². The van der Waals surface area contributed by atoms with Gasteiger partial charge in [-0.25, -0.2) is 4.39 Å². The van der Waals surface area contributed by atoms with E-state index in [1.54, 1.807) is 7.11 Å². The van der Waals surface area contributed by atoms with Crippen LogP contribution in [0.5, 0.6) is 11.5 Å². The molecule has 1 N–H and O–H groups in total. The zero-order valence-corrected chi connectivity index (χ0v) is 10.0. The van der Waals surface area contributed by atoms with Crippen LogP contribution in [0.15, 0.2) is 18.2 Å². The summed E-state index contributed by atoms with van der Waals surface area (Å²) in [6, 6.07) is 6.36. The largest absolute Gasteiger partial charge is 0.493 e. The van der Waals surface area contributed by atoms with Crippen LogP contribution in [-0.4, -0.2) is 26.4 Å². The van der Waals surface area contributed by atoms with Crippen molar-refractivity contribution in [2.45, 2.75) is 25.4 Å². The first kappa shape index (κ1) is 12.2. The number of ether oxygens (including phenoxy) is 2. The summed E-state index contributed by atoms with van der Waals surface area (Å²) < 4.78 is 22.8. The number of nitrogens with one attached hydrogen (secondary N) is 1. The summed E-state index contributed by atoms with van der Waals surface area (Å²) in [5, 5.41) is 3.41. The number of alkyl halides is 1. The van der Waals surface area contributed by atoms with Crippen molar-refractivity contribution < 1.29 is 13.9 Å². The smallest absolute Gasteiger partial charge is 0.165 e. The van der Waals surface area contributed by atoms with Crippen molar-refractivity contribution in [2.75, 3.05) is 20.4 Å². The van der Waals surface area contributed by atoms with E-state index < -0.39 is 6.67 Å². The Morgan fingerprint density at radius 2 is 2.24 bits per heavy atom. The molecule has 0 heterocycles. The fourth-order valence-corrected chi connectivity index (χ4v) is 1.71. The van der Waals surface area contributed by atoms with Crippen molar-refractivity contribution in [3.8, 4) is 11.5 Å². The maximum absolute atomic E-state index is 12.2. The molecule has 0 unspecified atom stereocenters. The Kier molecular flexibility index (Phi) is 4.20. The van der Waals surface area contributed by atoms with Gasteiger partial charge >= 0.3 is 0 Å². The fraction of sp³-hybridized carbons (Fsp3) is 0.538. The summed E-state index contributed by atoms with van der Waals surface area (Å²) >= 11 is 0. The highest BCUT2D eigenvalue weighted by Gasteiger charge is 2.21. The first-order valence-electron chi connectivity index (χ1n) is 5.93. The maximum Gasteiger partial charge on any atom is 0.165 e. The zero-order valence-electron chi connectivity index (χ0n) is 10.0. The molecule has 1 fully saturated rings. The quantitative estimate of drug-likeness (QED) is 0.792. The predicted octanol–water partition coefficient (Wildman–Crippen LogP) is 2.30. The van der Waals surface area contributed by atoms with E-state index in [4.69, 9.17) is 9.47 Å². The third kappa shape index (κ3) is 3.33. The molecule has 1 aliphatic rings. The van der Waals surface area contributed by atoms with Gasteiger partial charge < -0.3 is 14.8 Å². The van der Waals surface area contributed by atoms with Crippen LogP contribution in [0.3, 0.4) is 0 Å². The van der Waals surface area contributed by atoms with Gasteiger partial charge in [0, 0.05) is 18.2 Å². The van der Waals surface area contributed by atoms with Gasteiger partial charge in [0.2, 0.25) is 0 Å². The molecule has 1 aliphatic carbocycles. The van der Waals surface area contributed by atoms with Crippen LogP contribution in [0.25, 0.3) is 0 Å². The topological polar surface area (TPSA) is 30.5 Å². The van der Waals surface area contributed by atoms with Crippen LogP contribution < -0.4 is 14.8 Å². The minimum atomic E-state index is -0.493. The Morgan fingerprint density at radius 3 is 2.88 bits per heavy atom. The Morgan fingerprint density at radius 1 is 1.41 bits per heavy atom. The van der Waals surface area contributed by atoms with Gasteiger partial charge in [-0.15, -0.1) is 0 Å². The highest BCUT2D eigenvalue weighted by molar-refractivity contribution is 5.46. The Bertz CT molecular complexity index is 366. The van der Waals surface area contributed by atoms with Crippen molar-refractivity contribution in [2.24, 2.45) is 0 Å². The minimum Gasteiger partial charge on any atom is -0.493 e. The molecule has 0 spiro atoms. The number of benzene rings is 1. The molecule has 4 heteroatoms. The number of rotatable bonds is 7. The van der Waals surface area contributed by atoms with E-state index in [-0.39, 0.29) is 6.61 Å². The lowest BCUT2D eigenvalue weighted by molar-refractivity contribution is 0.257. The molecule has 0 bridgehead atoms. The van der Waals surface area contributed by atoms with Gasteiger partial charge in [-0.05, 0) is 18.9 Å². The highest BCUT2D eigenvalue weighted by atomic mass is 19.1. The van der Waals surface area contributed by atoms with Gasteiger partial charge in [0.15, 0.2) is 11.5 Å². The summed E-state index contributed by atoms with van der Waals surface area (Å²) in [5.41, 5.74) is 1.02. The first-order chi connectivity index (χ1) is 8.35. The van der Waals surface area contributed by atoms with Gasteiger partial charge in [-0.3, -0.25) is 0 Å². The lowest BCUT2D eigenvalue weighted by atomic mass is 10.2. The SMILES string of the molecule is COc1cccc(CNC2CC2)c1OCCF. The summed E-state index contributed by atoms with van der Waals surface area (Å²) in [5.74, 6) is 1.31. The molecule has 0 aliphatic heterocycles. The molecule has 0 atom stereocenters. The van der Waals surface area contributed by atoms with Gasteiger partial charge in [-0.2, -0.15) is 0 Å². The number of hydrogen-bond donors (Lipinski definition) is 1. The summed E-state index contributed by atoms with van der Waals surface area (Å²) in [6.45, 7) is 0.313. The van der Waals surface area contributed by atoms with Gasteiger partial charge in [-0.1, -0.05) is 12.1 Å². The maximum atomic E-state index is 12.2. The van der Waals surface area contributed by atoms with Gasteiger partial charge in [0.1, 0.15) is 13.3 Å². The minimum absolute atomic E-state index is 0.0663. The van der Waals surface area contributed by atoms with Crippen LogP contribution in [0.2, 0.25) is 0 Å². The second kappa shape index (κ2) is 5.87. The van der Waals surface area contributed by atoms with E-state index in [2.05, 4.69) is 5.32 Å². The molecular formula is C13H18FNO2. The Labute approximate surface area is 101 Å². The fourth-order valence-electron chi connectivity index (χ4n) is 1.71. The van der Waals surface area contributed by atoms with Crippen molar-refractivity contribution in [1.82, 2.24) is 5.32 Å². The van der Waals surface area contributed by atoms with Gasteiger partial charge in [0.05, 0.1) is 7.11 Å². The van der Waals surface area contributed by atoms with E-state index in [9.17, 15) is 4.39 Å². The molecule has 94 valence electrons. The third-order valence-corrected chi connectivity index (χ3v) is 2.76. The molecule has 1 saturated carbocycles. The molecular weight excluding hydrogens is 221 g/mol. The van der Waals surface area contributed by atoms with Crippen LogP contribution >= 0.6 is 0 Å². The average Bonchev–Trinajstić information content (AvgIpc) is 3.18. The Balaban J connectivity index is 2.09.